The molecule has 218 valence electrons. The van der Waals surface area contributed by atoms with Crippen molar-refractivity contribution in [2.45, 2.75) is 64.3 Å². The fourth-order valence-electron chi connectivity index (χ4n) is 6.27. The van der Waals surface area contributed by atoms with E-state index in [0.717, 1.165) is 24.8 Å². The number of hydrogen-bond donors (Lipinski definition) is 2. The molecule has 0 aliphatic heterocycles. The van der Waals surface area contributed by atoms with Crippen LogP contribution in [-0.4, -0.2) is 24.3 Å². The van der Waals surface area contributed by atoms with Crippen molar-refractivity contribution < 1.29 is 26.3 Å². The molecule has 0 bridgehead atoms. The number of rotatable bonds is 7. The Morgan fingerprint density at radius 3 is 2.12 bits per heavy atom. The van der Waals surface area contributed by atoms with Gasteiger partial charge >= 0.3 is 6.36 Å². The average molecular weight is 587 g/mol. The van der Waals surface area contributed by atoms with E-state index in [1.54, 1.807) is 30.3 Å². The quantitative estimate of drug-likeness (QED) is 0.228. The second-order valence-corrected chi connectivity index (χ2v) is 13.9. The molecule has 0 saturated heterocycles. The molecule has 1 aliphatic rings. The molecule has 4 aromatic rings. The predicted octanol–water partition coefficient (Wildman–Crippen LogP) is 8.26. The molecule has 1 aliphatic carbocycles. The van der Waals surface area contributed by atoms with E-state index >= 15 is 0 Å². The van der Waals surface area contributed by atoms with Gasteiger partial charge in [0.05, 0.1) is 21.6 Å². The number of alkyl halides is 3. The van der Waals surface area contributed by atoms with E-state index in [9.17, 15) is 21.6 Å². The number of halogens is 3. The van der Waals surface area contributed by atoms with Gasteiger partial charge in [0.25, 0.3) is 10.0 Å². The molecule has 2 N–H and O–H groups in total. The monoisotopic (exact) mass is 586 g/mol. The van der Waals surface area contributed by atoms with Gasteiger partial charge in [-0.25, -0.2) is 13.4 Å². The lowest BCUT2D eigenvalue weighted by Crippen LogP contribution is -2.35. The standard InChI is InChI=1S/C30H33F3N4O3S/c1-28(2)17-22(18-29(3,4)19-28)37-26-15-12-21(36-41(38,39)24-8-6-5-7-9-24)16-25(26)35-27(37)34-20-10-13-23(14-11-20)40-30(31,32)33/h5-16,22,36H,17-19H2,1-4H3,(H,34,35). The molecule has 1 heterocycles. The Morgan fingerprint density at radius 1 is 0.902 bits per heavy atom. The van der Waals surface area contributed by atoms with Crippen LogP contribution in [0.1, 0.15) is 53.0 Å². The first kappa shape index (κ1) is 28.8. The lowest BCUT2D eigenvalue weighted by molar-refractivity contribution is -0.274. The van der Waals surface area contributed by atoms with Gasteiger partial charge < -0.3 is 14.6 Å². The minimum atomic E-state index is -4.77. The summed E-state index contributed by atoms with van der Waals surface area (Å²) in [5, 5.41) is 3.27. The summed E-state index contributed by atoms with van der Waals surface area (Å²) in [4.78, 5) is 4.98. The molecule has 0 spiro atoms. The van der Waals surface area contributed by atoms with Crippen LogP contribution in [-0.2, 0) is 10.0 Å². The third-order valence-corrected chi connectivity index (χ3v) is 8.64. The molecular weight excluding hydrogens is 553 g/mol. The number of imidazole rings is 1. The summed E-state index contributed by atoms with van der Waals surface area (Å²) in [6.07, 6.45) is -1.91. The lowest BCUT2D eigenvalue weighted by Gasteiger charge is -2.45. The maximum atomic E-state index is 12.9. The van der Waals surface area contributed by atoms with Crippen molar-refractivity contribution >= 4 is 38.4 Å². The number of nitrogens with one attached hydrogen (secondary N) is 2. The van der Waals surface area contributed by atoms with Gasteiger partial charge in [-0.3, -0.25) is 4.72 Å². The summed E-state index contributed by atoms with van der Waals surface area (Å²) in [6.45, 7) is 9.01. The summed E-state index contributed by atoms with van der Waals surface area (Å²) < 4.78 is 72.5. The van der Waals surface area contributed by atoms with Crippen molar-refractivity contribution in [3.8, 4) is 5.75 Å². The number of anilines is 3. The Hall–Kier alpha value is -3.73. The second-order valence-electron chi connectivity index (χ2n) is 12.2. The maximum absolute atomic E-state index is 12.9. The molecule has 0 unspecified atom stereocenters. The van der Waals surface area contributed by atoms with Crippen LogP contribution < -0.4 is 14.8 Å². The highest BCUT2D eigenvalue weighted by molar-refractivity contribution is 7.92. The van der Waals surface area contributed by atoms with Crippen molar-refractivity contribution in [2.75, 3.05) is 10.0 Å². The van der Waals surface area contributed by atoms with Crippen LogP contribution in [0.3, 0.4) is 0 Å². The number of nitrogens with zero attached hydrogens (tertiary/aromatic N) is 2. The van der Waals surface area contributed by atoms with Crippen molar-refractivity contribution in [3.05, 3.63) is 72.8 Å². The van der Waals surface area contributed by atoms with E-state index in [4.69, 9.17) is 4.98 Å². The van der Waals surface area contributed by atoms with Gasteiger partial charge in [0.1, 0.15) is 5.75 Å². The van der Waals surface area contributed by atoms with Crippen LogP contribution in [0.15, 0.2) is 77.7 Å². The molecule has 1 aromatic heterocycles. The van der Waals surface area contributed by atoms with Crippen molar-refractivity contribution in [2.24, 2.45) is 10.8 Å². The van der Waals surface area contributed by atoms with Crippen LogP contribution in [0, 0.1) is 10.8 Å². The van der Waals surface area contributed by atoms with Crippen LogP contribution in [0.2, 0.25) is 0 Å². The Bertz CT molecular complexity index is 1630. The van der Waals surface area contributed by atoms with E-state index in [1.165, 1.54) is 36.4 Å². The zero-order valence-corrected chi connectivity index (χ0v) is 24.1. The van der Waals surface area contributed by atoms with Gasteiger partial charge in [0, 0.05) is 11.7 Å². The molecule has 3 aromatic carbocycles. The van der Waals surface area contributed by atoms with Crippen LogP contribution in [0.5, 0.6) is 5.75 Å². The molecular formula is C30H33F3N4O3S. The van der Waals surface area contributed by atoms with Gasteiger partial charge in [0.2, 0.25) is 5.95 Å². The molecule has 1 saturated carbocycles. The fraction of sp³-hybridized carbons (Fsp3) is 0.367. The molecule has 0 radical (unpaired) electrons. The van der Waals surface area contributed by atoms with E-state index in [-0.39, 0.29) is 27.5 Å². The smallest absolute Gasteiger partial charge is 0.406 e. The largest absolute Gasteiger partial charge is 0.573 e. The van der Waals surface area contributed by atoms with E-state index in [1.807, 2.05) is 6.07 Å². The first-order valence-corrected chi connectivity index (χ1v) is 14.8. The number of fused-ring (bicyclic) bond motifs is 1. The van der Waals surface area contributed by atoms with Gasteiger partial charge in [-0.1, -0.05) is 45.9 Å². The van der Waals surface area contributed by atoms with Crippen molar-refractivity contribution in [1.29, 1.82) is 0 Å². The highest BCUT2D eigenvalue weighted by Gasteiger charge is 2.40. The van der Waals surface area contributed by atoms with Gasteiger partial charge in [-0.2, -0.15) is 0 Å². The normalized spacial score (nSPS) is 17.3. The van der Waals surface area contributed by atoms with E-state index in [2.05, 4.69) is 47.0 Å². The molecule has 11 heteroatoms. The molecule has 0 amide bonds. The first-order chi connectivity index (χ1) is 19.1. The van der Waals surface area contributed by atoms with Gasteiger partial charge in [0.15, 0.2) is 0 Å². The van der Waals surface area contributed by atoms with E-state index < -0.39 is 16.4 Å². The SMILES string of the molecule is CC1(C)CC(n2c(Nc3ccc(OC(F)(F)F)cc3)nc3cc(NS(=O)(=O)c4ccccc4)ccc32)CC(C)(C)C1. The van der Waals surface area contributed by atoms with Crippen LogP contribution in [0.4, 0.5) is 30.5 Å². The summed E-state index contributed by atoms with van der Waals surface area (Å²) >= 11 is 0. The van der Waals surface area contributed by atoms with Crippen LogP contribution in [0.25, 0.3) is 11.0 Å². The zero-order chi connectivity index (χ0) is 29.6. The minimum Gasteiger partial charge on any atom is -0.406 e. The molecule has 41 heavy (non-hydrogen) atoms. The molecule has 5 rings (SSSR count). The predicted molar refractivity (Wildman–Crippen MR) is 154 cm³/mol. The van der Waals surface area contributed by atoms with Crippen LogP contribution >= 0.6 is 0 Å². The number of aromatic nitrogens is 2. The summed E-state index contributed by atoms with van der Waals surface area (Å²) in [5.74, 6) is 0.203. The topological polar surface area (TPSA) is 85.2 Å². The number of hydrogen-bond acceptors (Lipinski definition) is 5. The zero-order valence-electron chi connectivity index (χ0n) is 23.3. The second kappa shape index (κ2) is 10.3. The molecule has 1 fully saturated rings. The fourth-order valence-corrected chi connectivity index (χ4v) is 7.34. The third kappa shape index (κ3) is 6.78. The van der Waals surface area contributed by atoms with Gasteiger partial charge in [-0.15, -0.1) is 13.2 Å². The minimum absolute atomic E-state index is 0.0715. The third-order valence-electron chi connectivity index (χ3n) is 7.24. The van der Waals surface area contributed by atoms with Crippen molar-refractivity contribution in [1.82, 2.24) is 9.55 Å². The number of ether oxygens (including phenoxy) is 1. The lowest BCUT2D eigenvalue weighted by atomic mass is 9.63. The molecule has 7 nitrogen and oxygen atoms in total. The Kier molecular flexibility index (Phi) is 7.21. The van der Waals surface area contributed by atoms with Gasteiger partial charge in [-0.05, 0) is 84.7 Å². The first-order valence-electron chi connectivity index (χ1n) is 13.3. The molecule has 0 atom stereocenters. The maximum Gasteiger partial charge on any atom is 0.573 e. The summed E-state index contributed by atoms with van der Waals surface area (Å²) in [6, 6.07) is 18.9. The highest BCUT2D eigenvalue weighted by Crippen LogP contribution is 2.51. The highest BCUT2D eigenvalue weighted by atomic mass is 32.2. The summed E-state index contributed by atoms with van der Waals surface area (Å²) in [7, 11) is -3.79. The Morgan fingerprint density at radius 2 is 1.51 bits per heavy atom. The summed E-state index contributed by atoms with van der Waals surface area (Å²) in [5.41, 5.74) is 2.46. The Labute approximate surface area is 237 Å². The Balaban J connectivity index is 1.53. The van der Waals surface area contributed by atoms with E-state index in [0.29, 0.717) is 22.8 Å². The van der Waals surface area contributed by atoms with Crippen molar-refractivity contribution in [3.63, 3.8) is 0 Å². The number of sulfonamides is 1. The number of benzene rings is 3. The average Bonchev–Trinajstić information content (AvgIpc) is 3.20.